The molecule has 13 nitrogen and oxygen atoms in total. The Bertz CT molecular complexity index is 1810. The molecule has 1 aromatic carbocycles. The molecule has 41 heavy (non-hydrogen) atoms. The van der Waals surface area contributed by atoms with E-state index in [-0.39, 0.29) is 12.4 Å². The zero-order chi connectivity index (χ0) is 29.0. The third-order valence-electron chi connectivity index (χ3n) is 6.80. The lowest BCUT2D eigenvalue weighted by atomic mass is 10.0. The maximum absolute atomic E-state index is 13.3. The Hall–Kier alpha value is -4.66. The van der Waals surface area contributed by atoms with Crippen molar-refractivity contribution in [2.24, 2.45) is 0 Å². The highest BCUT2D eigenvalue weighted by molar-refractivity contribution is 7.88. The minimum atomic E-state index is -3.18. The van der Waals surface area contributed by atoms with Crippen molar-refractivity contribution in [1.29, 1.82) is 0 Å². The third-order valence-corrected chi connectivity index (χ3v) is 8.11. The summed E-state index contributed by atoms with van der Waals surface area (Å²) >= 11 is 0. The van der Waals surface area contributed by atoms with E-state index in [2.05, 4.69) is 35.4 Å². The van der Waals surface area contributed by atoms with E-state index in [0.717, 1.165) is 38.8 Å². The SMILES string of the molecule is CS(=O)(=O)N1CCN(Cc2cccc(C(=O)Nc3cc(-c4ccnc5[nH]ccc45)cc4[nH]ncc34)n2)CC1.O=CO. The van der Waals surface area contributed by atoms with Crippen LogP contribution in [0.3, 0.4) is 0 Å². The molecule has 1 saturated heterocycles. The van der Waals surface area contributed by atoms with Crippen molar-refractivity contribution in [3.05, 3.63) is 72.4 Å². The molecule has 1 aliphatic heterocycles. The molecule has 5 heterocycles. The molecule has 212 valence electrons. The highest BCUT2D eigenvalue weighted by Crippen LogP contribution is 2.33. The Morgan fingerprint density at radius 1 is 1.12 bits per heavy atom. The maximum Gasteiger partial charge on any atom is 0.290 e. The number of aromatic amines is 2. The zero-order valence-electron chi connectivity index (χ0n) is 22.1. The van der Waals surface area contributed by atoms with Gasteiger partial charge in [0.15, 0.2) is 0 Å². The summed E-state index contributed by atoms with van der Waals surface area (Å²) in [6, 6.07) is 13.2. The lowest BCUT2D eigenvalue weighted by Crippen LogP contribution is -2.47. The maximum atomic E-state index is 13.3. The van der Waals surface area contributed by atoms with E-state index in [4.69, 9.17) is 9.90 Å². The minimum Gasteiger partial charge on any atom is -0.483 e. The number of benzene rings is 1. The van der Waals surface area contributed by atoms with E-state index in [1.807, 2.05) is 42.6 Å². The number of hydrogen-bond donors (Lipinski definition) is 4. The van der Waals surface area contributed by atoms with Gasteiger partial charge in [-0.15, -0.1) is 0 Å². The van der Waals surface area contributed by atoms with Gasteiger partial charge in [0.2, 0.25) is 10.0 Å². The number of aromatic nitrogens is 5. The van der Waals surface area contributed by atoms with Crippen LogP contribution >= 0.6 is 0 Å². The van der Waals surface area contributed by atoms with Crippen LogP contribution in [0.5, 0.6) is 0 Å². The van der Waals surface area contributed by atoms with Crippen LogP contribution in [0, 0.1) is 0 Å². The molecular formula is C27H28N8O5S. The lowest BCUT2D eigenvalue weighted by Gasteiger charge is -2.32. The van der Waals surface area contributed by atoms with Gasteiger partial charge < -0.3 is 15.4 Å². The largest absolute Gasteiger partial charge is 0.483 e. The van der Waals surface area contributed by atoms with Gasteiger partial charge in [-0.25, -0.2) is 18.4 Å². The standard InChI is InChI=1S/C26H26N8O3S.CH2O2/c1-38(36,37)34-11-9-33(10-12-34)16-18-3-2-4-22(30-18)26(35)31-23-13-17(14-24-21(23)15-29-32-24)19-5-7-27-25-20(19)6-8-28-25;2-1-3/h2-8,13-15H,9-12,16H2,1H3,(H,27,28)(H,29,32)(H,31,35);1H,(H,2,3). The van der Waals surface area contributed by atoms with Gasteiger partial charge in [-0.3, -0.25) is 19.6 Å². The molecule has 0 bridgehead atoms. The number of anilines is 1. The number of nitrogens with one attached hydrogen (secondary N) is 3. The molecule has 0 aliphatic carbocycles. The van der Waals surface area contributed by atoms with E-state index in [9.17, 15) is 13.2 Å². The molecule has 6 rings (SSSR count). The lowest BCUT2D eigenvalue weighted by molar-refractivity contribution is -0.122. The fourth-order valence-electron chi connectivity index (χ4n) is 4.85. The quantitative estimate of drug-likeness (QED) is 0.221. The van der Waals surface area contributed by atoms with Gasteiger partial charge in [-0.1, -0.05) is 6.07 Å². The van der Waals surface area contributed by atoms with Crippen LogP contribution < -0.4 is 5.32 Å². The highest BCUT2D eigenvalue weighted by Gasteiger charge is 2.24. The van der Waals surface area contributed by atoms with Gasteiger partial charge in [-0.2, -0.15) is 9.40 Å². The molecule has 1 fully saturated rings. The van der Waals surface area contributed by atoms with E-state index in [0.29, 0.717) is 44.1 Å². The summed E-state index contributed by atoms with van der Waals surface area (Å²) in [5.41, 5.74) is 5.17. The van der Waals surface area contributed by atoms with Gasteiger partial charge in [0.05, 0.1) is 29.4 Å². The summed E-state index contributed by atoms with van der Waals surface area (Å²) in [5.74, 6) is -0.324. The normalized spacial score (nSPS) is 14.5. The van der Waals surface area contributed by atoms with E-state index < -0.39 is 10.0 Å². The molecule has 4 aromatic heterocycles. The van der Waals surface area contributed by atoms with Crippen molar-refractivity contribution in [2.45, 2.75) is 6.54 Å². The molecule has 4 N–H and O–H groups in total. The summed E-state index contributed by atoms with van der Waals surface area (Å²) in [5, 5.41) is 18.9. The van der Waals surface area contributed by atoms with Crippen LogP contribution in [-0.2, 0) is 21.4 Å². The summed E-state index contributed by atoms with van der Waals surface area (Å²) < 4.78 is 25.0. The highest BCUT2D eigenvalue weighted by atomic mass is 32.2. The monoisotopic (exact) mass is 576 g/mol. The van der Waals surface area contributed by atoms with Gasteiger partial charge in [0.25, 0.3) is 12.4 Å². The number of H-pyrrole nitrogens is 2. The number of amides is 1. The molecule has 1 aliphatic rings. The number of carboxylic acid groups (broad SMARTS) is 1. The van der Waals surface area contributed by atoms with Crippen LogP contribution in [0.1, 0.15) is 16.2 Å². The van der Waals surface area contributed by atoms with Crippen LogP contribution in [-0.4, -0.2) is 92.7 Å². The fraction of sp³-hybridized carbons (Fsp3) is 0.222. The molecule has 0 atom stereocenters. The first kappa shape index (κ1) is 27.9. The molecule has 0 unspecified atom stereocenters. The summed E-state index contributed by atoms with van der Waals surface area (Å²) in [7, 11) is -3.18. The number of carbonyl (C=O) groups is 2. The number of hydrogen-bond acceptors (Lipinski definition) is 8. The first-order chi connectivity index (χ1) is 19.8. The fourth-order valence-corrected chi connectivity index (χ4v) is 5.68. The molecule has 0 radical (unpaired) electrons. The average Bonchev–Trinajstić information content (AvgIpc) is 3.63. The number of pyridine rings is 2. The van der Waals surface area contributed by atoms with Crippen molar-refractivity contribution in [3.63, 3.8) is 0 Å². The first-order valence-corrected chi connectivity index (χ1v) is 14.5. The van der Waals surface area contributed by atoms with E-state index in [1.54, 1.807) is 18.5 Å². The second-order valence-corrected chi connectivity index (χ2v) is 11.4. The molecule has 14 heteroatoms. The van der Waals surface area contributed by atoms with Crippen molar-refractivity contribution < 1.29 is 23.1 Å². The second kappa shape index (κ2) is 11.8. The molecule has 0 spiro atoms. The predicted molar refractivity (Wildman–Crippen MR) is 154 cm³/mol. The van der Waals surface area contributed by atoms with Gasteiger partial charge >= 0.3 is 0 Å². The number of fused-ring (bicyclic) bond motifs is 2. The number of carbonyl (C=O) groups excluding carboxylic acids is 1. The Labute approximate surface area is 235 Å². The zero-order valence-corrected chi connectivity index (χ0v) is 22.9. The summed E-state index contributed by atoms with van der Waals surface area (Å²) in [6.45, 7) is 2.40. The Kier molecular flexibility index (Phi) is 8.05. The minimum absolute atomic E-state index is 0.250. The average molecular weight is 577 g/mol. The molecule has 1 amide bonds. The van der Waals surface area contributed by atoms with Gasteiger partial charge in [0.1, 0.15) is 11.3 Å². The number of piperazine rings is 1. The van der Waals surface area contributed by atoms with Crippen molar-refractivity contribution in [3.8, 4) is 11.1 Å². The topological polar surface area (TPSA) is 177 Å². The smallest absolute Gasteiger partial charge is 0.290 e. The van der Waals surface area contributed by atoms with Gasteiger partial charge in [0, 0.05) is 55.9 Å². The Morgan fingerprint density at radius 2 is 1.90 bits per heavy atom. The Morgan fingerprint density at radius 3 is 2.66 bits per heavy atom. The van der Waals surface area contributed by atoms with Crippen LogP contribution in [0.15, 0.2) is 61.1 Å². The van der Waals surface area contributed by atoms with Crippen molar-refractivity contribution >= 4 is 50.0 Å². The van der Waals surface area contributed by atoms with Gasteiger partial charge in [-0.05, 0) is 47.5 Å². The predicted octanol–water partition coefficient (Wildman–Crippen LogP) is 2.53. The first-order valence-electron chi connectivity index (χ1n) is 12.7. The van der Waals surface area contributed by atoms with E-state index >= 15 is 0 Å². The number of nitrogens with zero attached hydrogens (tertiary/aromatic N) is 5. The molecule has 5 aromatic rings. The Balaban J connectivity index is 0.00000108. The van der Waals surface area contributed by atoms with Crippen LogP contribution in [0.25, 0.3) is 33.1 Å². The van der Waals surface area contributed by atoms with Crippen molar-refractivity contribution in [1.82, 2.24) is 34.4 Å². The summed E-state index contributed by atoms with van der Waals surface area (Å²) in [4.78, 5) is 35.9. The third kappa shape index (κ3) is 6.24. The summed E-state index contributed by atoms with van der Waals surface area (Å²) in [6.07, 6.45) is 6.52. The van der Waals surface area contributed by atoms with E-state index in [1.165, 1.54) is 10.6 Å². The van der Waals surface area contributed by atoms with Crippen molar-refractivity contribution in [2.75, 3.05) is 37.8 Å². The van der Waals surface area contributed by atoms with Crippen LogP contribution in [0.2, 0.25) is 0 Å². The second-order valence-electron chi connectivity index (χ2n) is 9.47. The van der Waals surface area contributed by atoms with Crippen LogP contribution in [0.4, 0.5) is 5.69 Å². The number of sulfonamides is 1. The number of rotatable bonds is 6. The molecular weight excluding hydrogens is 548 g/mol. The molecule has 0 saturated carbocycles.